The molecule has 1 saturated carbocycles. The van der Waals surface area contributed by atoms with Gasteiger partial charge >= 0.3 is 0 Å². The molecule has 5 heteroatoms. The minimum Gasteiger partial charge on any atom is -0.326 e. The zero-order valence-corrected chi connectivity index (χ0v) is 15.1. The molecule has 1 heterocycles. The Morgan fingerprint density at radius 3 is 2.60 bits per heavy atom. The molecule has 25 heavy (non-hydrogen) atoms. The van der Waals surface area contributed by atoms with Crippen LogP contribution < -0.4 is 10.9 Å². The van der Waals surface area contributed by atoms with Crippen LogP contribution in [0.3, 0.4) is 0 Å². The van der Waals surface area contributed by atoms with E-state index in [9.17, 15) is 9.59 Å². The van der Waals surface area contributed by atoms with Gasteiger partial charge in [-0.25, -0.2) is 4.98 Å². The molecule has 2 N–H and O–H groups in total. The third-order valence-electron chi connectivity index (χ3n) is 5.12. The maximum absolute atomic E-state index is 12.7. The molecule has 2 aromatic rings. The summed E-state index contributed by atoms with van der Waals surface area (Å²) in [6.45, 7) is 6.15. The fourth-order valence-electron chi connectivity index (χ4n) is 3.64. The number of carbonyl (C=O) groups is 1. The van der Waals surface area contributed by atoms with Crippen LogP contribution in [-0.2, 0) is 4.79 Å². The first-order chi connectivity index (χ1) is 11.8. The van der Waals surface area contributed by atoms with E-state index in [1.165, 1.54) is 12.5 Å². The number of rotatable bonds is 3. The van der Waals surface area contributed by atoms with Crippen LogP contribution in [-0.4, -0.2) is 15.9 Å². The maximum atomic E-state index is 12.7. The first-order valence-corrected chi connectivity index (χ1v) is 8.84. The van der Waals surface area contributed by atoms with Gasteiger partial charge in [-0.05, 0) is 49.4 Å². The molecule has 5 nitrogen and oxygen atoms in total. The van der Waals surface area contributed by atoms with Gasteiger partial charge in [0.25, 0.3) is 5.56 Å². The highest BCUT2D eigenvalue weighted by Crippen LogP contribution is 2.41. The highest BCUT2D eigenvalue weighted by atomic mass is 16.2. The quantitative estimate of drug-likeness (QED) is 0.890. The lowest BCUT2D eigenvalue weighted by atomic mass is 9.68. The summed E-state index contributed by atoms with van der Waals surface area (Å²) in [4.78, 5) is 31.3. The van der Waals surface area contributed by atoms with Crippen LogP contribution in [0.25, 0.3) is 11.4 Å². The van der Waals surface area contributed by atoms with E-state index in [1.807, 2.05) is 24.3 Å². The fraction of sp³-hybridized carbons (Fsp3) is 0.450. The molecule has 0 spiro atoms. The van der Waals surface area contributed by atoms with Crippen LogP contribution in [0.15, 0.2) is 35.1 Å². The second-order valence-electron chi connectivity index (χ2n) is 7.59. The van der Waals surface area contributed by atoms with E-state index in [4.69, 9.17) is 0 Å². The summed E-state index contributed by atoms with van der Waals surface area (Å²) >= 11 is 0. The smallest absolute Gasteiger partial charge is 0.251 e. The van der Waals surface area contributed by atoms with Gasteiger partial charge in [0.05, 0.1) is 0 Å². The van der Waals surface area contributed by atoms with Crippen LogP contribution >= 0.6 is 0 Å². The SMILES string of the molecule is Cc1cc(=O)[nH]c(-c2ccc(NC(=O)C3CCCCC3(C)C)cc2)n1. The molecule has 0 saturated heterocycles. The molecule has 1 amide bonds. The largest absolute Gasteiger partial charge is 0.326 e. The first kappa shape index (κ1) is 17.4. The summed E-state index contributed by atoms with van der Waals surface area (Å²) in [6.07, 6.45) is 4.36. The molecule has 1 atom stereocenters. The van der Waals surface area contributed by atoms with E-state index >= 15 is 0 Å². The number of benzene rings is 1. The molecule has 132 valence electrons. The van der Waals surface area contributed by atoms with E-state index in [0.717, 1.165) is 30.5 Å². The zero-order valence-electron chi connectivity index (χ0n) is 15.1. The van der Waals surface area contributed by atoms with Gasteiger partial charge in [-0.1, -0.05) is 26.7 Å². The van der Waals surface area contributed by atoms with Gasteiger partial charge in [0, 0.05) is 28.9 Å². The topological polar surface area (TPSA) is 74.8 Å². The van der Waals surface area contributed by atoms with Gasteiger partial charge in [-0.2, -0.15) is 0 Å². The molecule has 1 unspecified atom stereocenters. The van der Waals surface area contributed by atoms with Crippen molar-refractivity contribution in [3.8, 4) is 11.4 Å². The van der Waals surface area contributed by atoms with Crippen LogP contribution in [0.5, 0.6) is 0 Å². The Bertz CT molecular complexity index is 822. The number of hydrogen-bond acceptors (Lipinski definition) is 3. The summed E-state index contributed by atoms with van der Waals surface area (Å²) in [7, 11) is 0. The average molecular weight is 339 g/mol. The Morgan fingerprint density at radius 1 is 1.24 bits per heavy atom. The Balaban J connectivity index is 1.74. The predicted molar refractivity (Wildman–Crippen MR) is 99.4 cm³/mol. The van der Waals surface area contributed by atoms with Crippen molar-refractivity contribution in [1.29, 1.82) is 0 Å². The summed E-state index contributed by atoms with van der Waals surface area (Å²) in [6, 6.07) is 8.89. The lowest BCUT2D eigenvalue weighted by Crippen LogP contribution is -2.37. The third kappa shape index (κ3) is 3.98. The number of anilines is 1. The van der Waals surface area contributed by atoms with Crippen molar-refractivity contribution in [2.75, 3.05) is 5.32 Å². The van der Waals surface area contributed by atoms with Crippen molar-refractivity contribution in [2.24, 2.45) is 11.3 Å². The number of hydrogen-bond donors (Lipinski definition) is 2. The van der Waals surface area contributed by atoms with Crippen molar-refractivity contribution in [3.63, 3.8) is 0 Å². The van der Waals surface area contributed by atoms with Crippen LogP contribution in [0.4, 0.5) is 5.69 Å². The Labute approximate surface area is 147 Å². The highest BCUT2D eigenvalue weighted by molar-refractivity contribution is 5.93. The second kappa shape index (κ2) is 6.82. The summed E-state index contributed by atoms with van der Waals surface area (Å²) in [5, 5.41) is 3.04. The van der Waals surface area contributed by atoms with Gasteiger partial charge in [0.15, 0.2) is 0 Å². The number of amides is 1. The van der Waals surface area contributed by atoms with Gasteiger partial charge in [0.1, 0.15) is 5.82 Å². The predicted octanol–water partition coefficient (Wildman–Crippen LogP) is 3.90. The van der Waals surface area contributed by atoms with Gasteiger partial charge in [-0.3, -0.25) is 9.59 Å². The van der Waals surface area contributed by atoms with E-state index in [1.54, 1.807) is 6.92 Å². The summed E-state index contributed by atoms with van der Waals surface area (Å²) in [5.41, 5.74) is 2.14. The second-order valence-corrected chi connectivity index (χ2v) is 7.59. The molecule has 1 aliphatic rings. The number of nitrogens with one attached hydrogen (secondary N) is 2. The number of nitrogens with zero attached hydrogens (tertiary/aromatic N) is 1. The van der Waals surface area contributed by atoms with Crippen molar-refractivity contribution in [2.45, 2.75) is 46.5 Å². The summed E-state index contributed by atoms with van der Waals surface area (Å²) < 4.78 is 0. The van der Waals surface area contributed by atoms with Crippen molar-refractivity contribution in [1.82, 2.24) is 9.97 Å². The molecule has 1 aliphatic carbocycles. The summed E-state index contributed by atoms with van der Waals surface area (Å²) in [5.74, 6) is 0.687. The minimum atomic E-state index is -0.167. The fourth-order valence-corrected chi connectivity index (χ4v) is 3.64. The number of carbonyl (C=O) groups excluding carboxylic acids is 1. The molecule has 3 rings (SSSR count). The van der Waals surface area contributed by atoms with Gasteiger partial charge in [0.2, 0.25) is 5.91 Å². The number of aromatic amines is 1. The molecule has 1 fully saturated rings. The normalized spacial score (nSPS) is 19.4. The van der Waals surface area contributed by atoms with Crippen molar-refractivity contribution in [3.05, 3.63) is 46.4 Å². The van der Waals surface area contributed by atoms with Gasteiger partial charge in [-0.15, -0.1) is 0 Å². The van der Waals surface area contributed by atoms with E-state index in [0.29, 0.717) is 11.5 Å². The van der Waals surface area contributed by atoms with Crippen molar-refractivity contribution >= 4 is 11.6 Å². The van der Waals surface area contributed by atoms with E-state index in [-0.39, 0.29) is 22.8 Å². The Hall–Kier alpha value is -2.43. The third-order valence-corrected chi connectivity index (χ3v) is 5.12. The molecule has 1 aromatic heterocycles. The minimum absolute atomic E-state index is 0.0489. The number of aryl methyl sites for hydroxylation is 1. The number of aromatic nitrogens is 2. The standard InChI is InChI=1S/C20H25N3O2/c1-13-12-17(24)23-18(21-13)14-7-9-15(10-8-14)22-19(25)16-6-4-5-11-20(16,2)3/h7-10,12,16H,4-6,11H2,1-3H3,(H,22,25)(H,21,23,24). The van der Waals surface area contributed by atoms with E-state index < -0.39 is 0 Å². The Kier molecular flexibility index (Phi) is 4.75. The number of H-pyrrole nitrogens is 1. The van der Waals surface area contributed by atoms with E-state index in [2.05, 4.69) is 29.1 Å². The molecule has 0 aliphatic heterocycles. The van der Waals surface area contributed by atoms with Crippen molar-refractivity contribution < 1.29 is 4.79 Å². The lowest BCUT2D eigenvalue weighted by molar-refractivity contribution is -0.124. The molecular weight excluding hydrogens is 314 g/mol. The van der Waals surface area contributed by atoms with Crippen LogP contribution in [0.2, 0.25) is 0 Å². The monoisotopic (exact) mass is 339 g/mol. The maximum Gasteiger partial charge on any atom is 0.251 e. The molecule has 0 bridgehead atoms. The molecular formula is C20H25N3O2. The zero-order chi connectivity index (χ0) is 18.0. The Morgan fingerprint density at radius 2 is 1.96 bits per heavy atom. The molecule has 1 aromatic carbocycles. The highest BCUT2D eigenvalue weighted by Gasteiger charge is 2.37. The average Bonchev–Trinajstić information content (AvgIpc) is 2.54. The van der Waals surface area contributed by atoms with Crippen LogP contribution in [0.1, 0.15) is 45.2 Å². The lowest BCUT2D eigenvalue weighted by Gasteiger charge is -2.37. The van der Waals surface area contributed by atoms with Crippen LogP contribution in [0, 0.1) is 18.3 Å². The van der Waals surface area contributed by atoms with Gasteiger partial charge < -0.3 is 10.3 Å². The molecule has 0 radical (unpaired) electrons. The first-order valence-electron chi connectivity index (χ1n) is 8.84.